The van der Waals surface area contributed by atoms with Crippen molar-refractivity contribution in [2.75, 3.05) is 0 Å². The van der Waals surface area contributed by atoms with Crippen LogP contribution in [0, 0.1) is 10.1 Å². The van der Waals surface area contributed by atoms with Crippen LogP contribution in [0.25, 0.3) is 0 Å². The lowest BCUT2D eigenvalue weighted by Gasteiger charge is -2.14. The van der Waals surface area contributed by atoms with E-state index in [4.69, 9.17) is 0 Å². The van der Waals surface area contributed by atoms with Gasteiger partial charge in [0, 0.05) is 10.8 Å². The van der Waals surface area contributed by atoms with Crippen molar-refractivity contribution in [1.29, 1.82) is 0 Å². The molecule has 0 radical (unpaired) electrons. The molecule has 0 N–H and O–H groups in total. The molecule has 0 atom stereocenters. The molecule has 0 aliphatic heterocycles. The van der Waals surface area contributed by atoms with E-state index in [1.54, 1.807) is 6.20 Å². The summed E-state index contributed by atoms with van der Waals surface area (Å²) >= 11 is 4.66. The fourth-order valence-electron chi connectivity index (χ4n) is 1.46. The highest BCUT2D eigenvalue weighted by Gasteiger charge is 2.21. The van der Waals surface area contributed by atoms with Crippen LogP contribution in [0.3, 0.4) is 0 Å². The zero-order chi connectivity index (χ0) is 14.2. The minimum Gasteiger partial charge on any atom is -0.358 e. The summed E-state index contributed by atoms with van der Waals surface area (Å²) in [6.45, 7) is 6.73. The number of halogens is 1. The average molecular weight is 345 g/mol. The lowest BCUT2D eigenvalue weighted by molar-refractivity contribution is -0.390. The fraction of sp³-hybridized carbons (Fsp3) is 0.455. The molecule has 6 nitrogen and oxygen atoms in total. The molecular weight excluding hydrogens is 332 g/mol. The number of aromatic nitrogens is 3. The summed E-state index contributed by atoms with van der Waals surface area (Å²) < 4.78 is 1.90. The Hall–Kier alpha value is -1.28. The summed E-state index contributed by atoms with van der Waals surface area (Å²) in [7, 11) is 0. The molecule has 0 saturated carbocycles. The highest BCUT2D eigenvalue weighted by Crippen LogP contribution is 2.26. The Bertz CT molecular complexity index is 614. The first-order chi connectivity index (χ1) is 8.77. The van der Waals surface area contributed by atoms with E-state index in [0.717, 1.165) is 10.7 Å². The molecule has 0 fully saturated rings. The monoisotopic (exact) mass is 344 g/mol. The van der Waals surface area contributed by atoms with Crippen LogP contribution < -0.4 is 0 Å². The van der Waals surface area contributed by atoms with E-state index in [0.29, 0.717) is 11.0 Å². The third kappa shape index (κ3) is 3.19. The molecule has 0 aliphatic rings. The molecule has 0 unspecified atom stereocenters. The van der Waals surface area contributed by atoms with Gasteiger partial charge in [0.1, 0.15) is 16.0 Å². The van der Waals surface area contributed by atoms with Gasteiger partial charge in [0.25, 0.3) is 0 Å². The summed E-state index contributed by atoms with van der Waals surface area (Å²) in [6.07, 6.45) is 1.59. The van der Waals surface area contributed by atoms with Crippen molar-refractivity contribution in [2.45, 2.75) is 32.7 Å². The Morgan fingerprint density at radius 2 is 2.21 bits per heavy atom. The number of thiazole rings is 1. The highest BCUT2D eigenvalue weighted by molar-refractivity contribution is 9.10. The minimum absolute atomic E-state index is 0.00540. The lowest BCUT2D eigenvalue weighted by atomic mass is 9.93. The zero-order valence-electron chi connectivity index (χ0n) is 10.8. The van der Waals surface area contributed by atoms with Gasteiger partial charge in [-0.25, -0.2) is 4.98 Å². The van der Waals surface area contributed by atoms with Crippen LogP contribution in [-0.2, 0) is 12.0 Å². The molecule has 0 amide bonds. The molecule has 0 aliphatic carbocycles. The molecule has 0 spiro atoms. The molecule has 2 aromatic heterocycles. The first-order valence-corrected chi connectivity index (χ1v) is 7.27. The molecular formula is C11H13BrN4O2S. The van der Waals surface area contributed by atoms with Crippen LogP contribution in [0.1, 0.15) is 31.5 Å². The molecule has 2 heterocycles. The molecule has 102 valence electrons. The normalized spacial score (nSPS) is 11.8. The molecule has 2 aromatic rings. The topological polar surface area (TPSA) is 73.8 Å². The van der Waals surface area contributed by atoms with Crippen LogP contribution in [-0.4, -0.2) is 19.7 Å². The summed E-state index contributed by atoms with van der Waals surface area (Å²) in [5.74, 6) is -0.174. The van der Waals surface area contributed by atoms with Crippen molar-refractivity contribution in [1.82, 2.24) is 14.8 Å². The summed E-state index contributed by atoms with van der Waals surface area (Å²) in [5, 5.41) is 17.5. The third-order valence-corrected chi connectivity index (χ3v) is 3.88. The summed E-state index contributed by atoms with van der Waals surface area (Å²) in [5.41, 5.74) is 1.03. The van der Waals surface area contributed by atoms with Crippen molar-refractivity contribution in [2.24, 2.45) is 0 Å². The van der Waals surface area contributed by atoms with E-state index < -0.39 is 4.92 Å². The van der Waals surface area contributed by atoms with E-state index in [1.165, 1.54) is 16.0 Å². The minimum atomic E-state index is -0.511. The number of nitro groups is 1. The number of hydrogen-bond acceptors (Lipinski definition) is 5. The molecule has 0 saturated heterocycles. The Labute approximate surface area is 122 Å². The first-order valence-electron chi connectivity index (χ1n) is 5.59. The molecule has 2 rings (SSSR count). The smallest absolute Gasteiger partial charge is 0.358 e. The second-order valence-corrected chi connectivity index (χ2v) is 6.93. The molecule has 0 aromatic carbocycles. The fourth-order valence-corrected chi connectivity index (χ4v) is 2.93. The van der Waals surface area contributed by atoms with Gasteiger partial charge in [0.2, 0.25) is 0 Å². The molecule has 0 bridgehead atoms. The Balaban J connectivity index is 2.20. The van der Waals surface area contributed by atoms with Gasteiger partial charge in [0.05, 0.1) is 17.0 Å². The second kappa shape index (κ2) is 5.01. The van der Waals surface area contributed by atoms with Gasteiger partial charge in [-0.15, -0.1) is 11.3 Å². The predicted molar refractivity (Wildman–Crippen MR) is 76.5 cm³/mol. The first kappa shape index (κ1) is 14.1. The quantitative estimate of drug-likeness (QED) is 0.632. The van der Waals surface area contributed by atoms with E-state index >= 15 is 0 Å². The SMILES string of the molecule is CC(C)(C)c1csc(Cn2cc(Br)c([N+](=O)[O-])n2)n1. The van der Waals surface area contributed by atoms with Crippen molar-refractivity contribution in [3.05, 3.63) is 36.9 Å². The Morgan fingerprint density at radius 1 is 1.53 bits per heavy atom. The predicted octanol–water partition coefficient (Wildman–Crippen LogP) is 3.36. The van der Waals surface area contributed by atoms with Gasteiger partial charge >= 0.3 is 5.82 Å². The Kier molecular flexibility index (Phi) is 3.73. The van der Waals surface area contributed by atoms with Crippen molar-refractivity contribution in [3.63, 3.8) is 0 Å². The van der Waals surface area contributed by atoms with Crippen LogP contribution in [0.2, 0.25) is 0 Å². The van der Waals surface area contributed by atoms with Crippen molar-refractivity contribution < 1.29 is 4.92 Å². The van der Waals surface area contributed by atoms with Crippen LogP contribution in [0.5, 0.6) is 0 Å². The third-order valence-electron chi connectivity index (χ3n) is 2.49. The standard InChI is InChI=1S/C11H13BrN4O2S/c1-11(2,3)8-6-19-9(13-8)5-15-4-7(12)10(14-15)16(17)18/h4,6H,5H2,1-3H3. The summed E-state index contributed by atoms with van der Waals surface area (Å²) in [4.78, 5) is 14.7. The van der Waals surface area contributed by atoms with E-state index in [-0.39, 0.29) is 11.2 Å². The van der Waals surface area contributed by atoms with Gasteiger partial charge in [-0.1, -0.05) is 20.8 Å². The van der Waals surface area contributed by atoms with Crippen LogP contribution in [0.4, 0.5) is 5.82 Å². The highest BCUT2D eigenvalue weighted by atomic mass is 79.9. The van der Waals surface area contributed by atoms with E-state index in [9.17, 15) is 10.1 Å². The largest absolute Gasteiger partial charge is 0.404 e. The van der Waals surface area contributed by atoms with E-state index in [2.05, 4.69) is 46.8 Å². The van der Waals surface area contributed by atoms with Crippen molar-refractivity contribution in [3.8, 4) is 0 Å². The van der Waals surface area contributed by atoms with Gasteiger partial charge in [0.15, 0.2) is 0 Å². The van der Waals surface area contributed by atoms with E-state index in [1.807, 2.05) is 5.38 Å². The maximum absolute atomic E-state index is 10.7. The van der Waals surface area contributed by atoms with Crippen molar-refractivity contribution >= 4 is 33.1 Å². The van der Waals surface area contributed by atoms with Gasteiger partial charge in [-0.2, -0.15) is 4.68 Å². The van der Waals surface area contributed by atoms with Gasteiger partial charge < -0.3 is 10.1 Å². The molecule has 19 heavy (non-hydrogen) atoms. The maximum atomic E-state index is 10.7. The zero-order valence-corrected chi connectivity index (χ0v) is 13.2. The van der Waals surface area contributed by atoms with Crippen LogP contribution >= 0.6 is 27.3 Å². The molecule has 8 heteroatoms. The second-order valence-electron chi connectivity index (χ2n) is 5.13. The lowest BCUT2D eigenvalue weighted by Crippen LogP contribution is -2.12. The van der Waals surface area contributed by atoms with Crippen LogP contribution in [0.15, 0.2) is 16.0 Å². The maximum Gasteiger partial charge on any atom is 0.404 e. The number of nitrogens with zero attached hydrogens (tertiary/aromatic N) is 4. The number of rotatable bonds is 3. The van der Waals surface area contributed by atoms with Gasteiger partial charge in [-0.05, 0) is 20.9 Å². The average Bonchev–Trinajstić information content (AvgIpc) is 2.85. The summed E-state index contributed by atoms with van der Waals surface area (Å²) in [6, 6.07) is 0. The Morgan fingerprint density at radius 3 is 2.68 bits per heavy atom. The van der Waals surface area contributed by atoms with Gasteiger partial charge in [-0.3, -0.25) is 0 Å². The number of hydrogen-bond donors (Lipinski definition) is 0.